The Balaban J connectivity index is 2.00. The molecule has 0 radical (unpaired) electrons. The third-order valence-electron chi connectivity index (χ3n) is 3.44. The van der Waals surface area contributed by atoms with Crippen molar-refractivity contribution in [2.45, 2.75) is 26.8 Å². The summed E-state index contributed by atoms with van der Waals surface area (Å²) in [4.78, 5) is 13.6. The first kappa shape index (κ1) is 12.7. The summed E-state index contributed by atoms with van der Waals surface area (Å²) in [6, 6.07) is 8.10. The van der Waals surface area contributed by atoms with E-state index in [9.17, 15) is 4.79 Å². The molecule has 0 bridgehead atoms. The van der Waals surface area contributed by atoms with Gasteiger partial charge in [0.1, 0.15) is 0 Å². The van der Waals surface area contributed by atoms with E-state index in [1.54, 1.807) is 0 Å². The average Bonchev–Trinajstić information content (AvgIpc) is 3.02. The number of rotatable bonds is 4. The molecule has 0 aliphatic carbocycles. The average molecular weight is 271 g/mol. The van der Waals surface area contributed by atoms with Crippen molar-refractivity contribution in [3.63, 3.8) is 0 Å². The van der Waals surface area contributed by atoms with Gasteiger partial charge in [0, 0.05) is 23.8 Å². The number of hydrogen-bond acceptors (Lipinski definition) is 3. The zero-order chi connectivity index (χ0) is 14.1. The number of nitrogens with one attached hydrogen (secondary N) is 1. The molecule has 0 atom stereocenters. The van der Waals surface area contributed by atoms with E-state index in [-0.39, 0.29) is 0 Å². The van der Waals surface area contributed by atoms with Gasteiger partial charge in [0.15, 0.2) is 5.82 Å². The molecule has 2 heterocycles. The van der Waals surface area contributed by atoms with Crippen LogP contribution in [0.15, 0.2) is 39.8 Å². The summed E-state index contributed by atoms with van der Waals surface area (Å²) in [5, 5.41) is 4.91. The summed E-state index contributed by atoms with van der Waals surface area (Å²) in [7, 11) is 0. The molecule has 5 heteroatoms. The lowest BCUT2D eigenvalue weighted by molar-refractivity contribution is 0.388. The Morgan fingerprint density at radius 3 is 2.90 bits per heavy atom. The Hall–Kier alpha value is -2.30. The second-order valence-electron chi connectivity index (χ2n) is 5.41. The fourth-order valence-electron chi connectivity index (χ4n) is 2.28. The van der Waals surface area contributed by atoms with Crippen molar-refractivity contribution in [2.75, 3.05) is 0 Å². The number of aromatic nitrogens is 3. The normalized spacial score (nSPS) is 11.6. The van der Waals surface area contributed by atoms with Crippen LogP contribution in [0.4, 0.5) is 0 Å². The molecule has 0 saturated carbocycles. The van der Waals surface area contributed by atoms with E-state index in [4.69, 9.17) is 0 Å². The Morgan fingerprint density at radius 2 is 2.20 bits per heavy atom. The number of nitrogens with zero attached hydrogens (tertiary/aromatic N) is 2. The van der Waals surface area contributed by atoms with Crippen LogP contribution in [0.1, 0.15) is 20.3 Å². The molecule has 2 aromatic heterocycles. The number of benzene rings is 1. The van der Waals surface area contributed by atoms with E-state index in [1.807, 2.05) is 18.2 Å². The van der Waals surface area contributed by atoms with Gasteiger partial charge in [-0.15, -0.1) is 0 Å². The maximum absolute atomic E-state index is 11.0. The van der Waals surface area contributed by atoms with Crippen LogP contribution in [0, 0.1) is 5.92 Å². The van der Waals surface area contributed by atoms with E-state index in [1.165, 1.54) is 5.39 Å². The lowest BCUT2D eigenvalue weighted by Crippen LogP contribution is -2.00. The minimum absolute atomic E-state index is 0.466. The topological polar surface area (TPSA) is 63.8 Å². The molecule has 0 spiro atoms. The molecular formula is C15H17N3O2. The number of H-pyrrole nitrogens is 1. The molecule has 1 aromatic carbocycles. The van der Waals surface area contributed by atoms with Crippen molar-refractivity contribution in [1.82, 2.24) is 14.7 Å². The van der Waals surface area contributed by atoms with Gasteiger partial charge in [-0.25, -0.2) is 4.79 Å². The molecule has 104 valence electrons. The van der Waals surface area contributed by atoms with E-state index in [0.717, 1.165) is 24.0 Å². The highest BCUT2D eigenvalue weighted by atomic mass is 16.5. The fourth-order valence-corrected chi connectivity index (χ4v) is 2.28. The van der Waals surface area contributed by atoms with E-state index in [2.05, 4.69) is 45.3 Å². The quantitative estimate of drug-likeness (QED) is 0.793. The van der Waals surface area contributed by atoms with Gasteiger partial charge in [-0.05, 0) is 29.9 Å². The van der Waals surface area contributed by atoms with Gasteiger partial charge in [-0.3, -0.25) is 9.51 Å². The van der Waals surface area contributed by atoms with Crippen molar-refractivity contribution < 1.29 is 4.52 Å². The summed E-state index contributed by atoms with van der Waals surface area (Å²) in [6.45, 7) is 5.43. The summed E-state index contributed by atoms with van der Waals surface area (Å²) in [5.41, 5.74) is 2.00. The lowest BCUT2D eigenvalue weighted by Gasteiger charge is -2.08. The van der Waals surface area contributed by atoms with Crippen LogP contribution in [-0.4, -0.2) is 14.7 Å². The van der Waals surface area contributed by atoms with Crippen LogP contribution in [0.25, 0.3) is 22.3 Å². The van der Waals surface area contributed by atoms with Crippen LogP contribution < -0.4 is 5.76 Å². The van der Waals surface area contributed by atoms with Crippen LogP contribution in [0.3, 0.4) is 0 Å². The van der Waals surface area contributed by atoms with Crippen LogP contribution in [0.5, 0.6) is 0 Å². The summed E-state index contributed by atoms with van der Waals surface area (Å²) < 4.78 is 6.79. The number of hydrogen-bond donors (Lipinski definition) is 1. The highest BCUT2D eigenvalue weighted by Gasteiger charge is 2.08. The molecule has 3 rings (SSSR count). The molecule has 0 aliphatic heterocycles. The van der Waals surface area contributed by atoms with Gasteiger partial charge in [-0.2, -0.15) is 0 Å². The Bertz CT molecular complexity index is 780. The molecule has 3 aromatic rings. The molecule has 0 saturated heterocycles. The predicted molar refractivity (Wildman–Crippen MR) is 77.5 cm³/mol. The zero-order valence-corrected chi connectivity index (χ0v) is 11.6. The van der Waals surface area contributed by atoms with Crippen molar-refractivity contribution in [1.29, 1.82) is 0 Å². The molecule has 0 unspecified atom stereocenters. The number of aromatic amines is 1. The predicted octanol–water partition coefficient (Wildman–Crippen LogP) is 3.03. The third kappa shape index (κ3) is 2.39. The minimum Gasteiger partial charge on any atom is -0.347 e. The third-order valence-corrected chi connectivity index (χ3v) is 3.44. The van der Waals surface area contributed by atoms with Gasteiger partial charge in [0.05, 0.1) is 0 Å². The first-order valence-corrected chi connectivity index (χ1v) is 6.79. The minimum atomic E-state index is -0.532. The molecule has 1 N–H and O–H groups in total. The van der Waals surface area contributed by atoms with Gasteiger partial charge >= 0.3 is 5.76 Å². The van der Waals surface area contributed by atoms with Gasteiger partial charge in [0.2, 0.25) is 0 Å². The molecule has 0 amide bonds. The molecule has 20 heavy (non-hydrogen) atoms. The second-order valence-corrected chi connectivity index (χ2v) is 5.41. The SMILES string of the molecule is CC(C)CCn1ccc2ccc(-c3noc(=O)[nH]3)cc21. The highest BCUT2D eigenvalue weighted by Crippen LogP contribution is 2.23. The lowest BCUT2D eigenvalue weighted by atomic mass is 10.1. The van der Waals surface area contributed by atoms with E-state index >= 15 is 0 Å². The fraction of sp³-hybridized carbons (Fsp3) is 0.333. The number of aryl methyl sites for hydroxylation is 1. The van der Waals surface area contributed by atoms with Crippen molar-refractivity contribution in [3.05, 3.63) is 41.0 Å². The van der Waals surface area contributed by atoms with E-state index < -0.39 is 5.76 Å². The highest BCUT2D eigenvalue weighted by molar-refractivity contribution is 5.84. The molecule has 0 aliphatic rings. The van der Waals surface area contributed by atoms with Crippen molar-refractivity contribution in [3.8, 4) is 11.4 Å². The van der Waals surface area contributed by atoms with Crippen LogP contribution in [-0.2, 0) is 6.54 Å². The first-order valence-electron chi connectivity index (χ1n) is 6.79. The van der Waals surface area contributed by atoms with Gasteiger partial charge in [-0.1, -0.05) is 31.1 Å². The maximum atomic E-state index is 11.0. The Kier molecular flexibility index (Phi) is 3.18. The van der Waals surface area contributed by atoms with Gasteiger partial charge in [0.25, 0.3) is 0 Å². The maximum Gasteiger partial charge on any atom is 0.439 e. The largest absolute Gasteiger partial charge is 0.439 e. The van der Waals surface area contributed by atoms with Crippen LogP contribution in [0.2, 0.25) is 0 Å². The zero-order valence-electron chi connectivity index (χ0n) is 11.6. The number of fused-ring (bicyclic) bond motifs is 1. The van der Waals surface area contributed by atoms with Crippen molar-refractivity contribution >= 4 is 10.9 Å². The van der Waals surface area contributed by atoms with Crippen LogP contribution >= 0.6 is 0 Å². The summed E-state index contributed by atoms with van der Waals surface area (Å²) in [6.07, 6.45) is 3.23. The van der Waals surface area contributed by atoms with Crippen molar-refractivity contribution in [2.24, 2.45) is 5.92 Å². The molecule has 5 nitrogen and oxygen atoms in total. The van der Waals surface area contributed by atoms with Gasteiger partial charge < -0.3 is 4.57 Å². The smallest absolute Gasteiger partial charge is 0.347 e. The molecular weight excluding hydrogens is 254 g/mol. The van der Waals surface area contributed by atoms with E-state index in [0.29, 0.717) is 11.7 Å². The standard InChI is InChI=1S/C15H17N3O2/c1-10(2)5-7-18-8-6-11-3-4-12(9-13(11)18)14-16-15(19)20-17-14/h3-4,6,8-10H,5,7H2,1-2H3,(H,16,17,19). The molecule has 0 fully saturated rings. The summed E-state index contributed by atoms with van der Waals surface area (Å²) in [5.74, 6) is 0.603. The Labute approximate surface area is 116 Å². The monoisotopic (exact) mass is 271 g/mol. The first-order chi connectivity index (χ1) is 9.63. The second kappa shape index (κ2) is 5.00. The Morgan fingerprint density at radius 1 is 1.35 bits per heavy atom. The summed E-state index contributed by atoms with van der Waals surface area (Å²) >= 11 is 0.